The summed E-state index contributed by atoms with van der Waals surface area (Å²) in [5.41, 5.74) is 0. The molecule has 1 saturated heterocycles. The number of aryl methyl sites for hydroxylation is 1. The molecule has 3 rings (SSSR count). The maximum absolute atomic E-state index is 12.3. The summed E-state index contributed by atoms with van der Waals surface area (Å²) in [6.45, 7) is 7.14. The smallest absolute Gasteiger partial charge is 0.242 e. The Bertz CT molecular complexity index is 868. The van der Waals surface area contributed by atoms with Crippen LogP contribution in [0.2, 0.25) is 0 Å². The third kappa shape index (κ3) is 5.27. The summed E-state index contributed by atoms with van der Waals surface area (Å²) in [6, 6.07) is 5.82. The van der Waals surface area contributed by atoms with Crippen molar-refractivity contribution in [3.8, 4) is 0 Å². The number of thiophene rings is 1. The van der Waals surface area contributed by atoms with E-state index in [1.807, 2.05) is 6.92 Å². The lowest BCUT2D eigenvalue weighted by atomic mass is 10.3. The molecule has 2 N–H and O–H groups in total. The normalized spacial score (nSPS) is 15.9. The second kappa shape index (κ2) is 9.44. The molecule has 0 saturated carbocycles. The van der Waals surface area contributed by atoms with E-state index in [4.69, 9.17) is 0 Å². The maximum Gasteiger partial charge on any atom is 0.242 e. The average molecular weight is 425 g/mol. The van der Waals surface area contributed by atoms with Crippen molar-refractivity contribution in [1.29, 1.82) is 0 Å². The highest BCUT2D eigenvalue weighted by Crippen LogP contribution is 2.22. The van der Waals surface area contributed by atoms with E-state index in [2.05, 4.69) is 42.3 Å². The van der Waals surface area contributed by atoms with Gasteiger partial charge in [-0.1, -0.05) is 0 Å². The largest absolute Gasteiger partial charge is 0.360 e. The fraction of sp³-hybridized carbons (Fsp3) is 0.500. The van der Waals surface area contributed by atoms with E-state index in [1.54, 1.807) is 41.4 Å². The van der Waals surface area contributed by atoms with Gasteiger partial charge in [-0.15, -0.1) is 11.3 Å². The van der Waals surface area contributed by atoms with E-state index >= 15 is 0 Å². The predicted octanol–water partition coefficient (Wildman–Crippen LogP) is 1.15. The van der Waals surface area contributed by atoms with Gasteiger partial charge in [0.1, 0.15) is 0 Å². The Hall–Kier alpha value is -2.04. The number of anilines is 1. The van der Waals surface area contributed by atoms with Crippen LogP contribution in [0.4, 0.5) is 5.00 Å². The number of aliphatic imine (C=N–C) groups is 1. The minimum absolute atomic E-state index is 0.265. The van der Waals surface area contributed by atoms with Crippen molar-refractivity contribution < 1.29 is 8.42 Å². The zero-order valence-corrected chi connectivity index (χ0v) is 18.0. The minimum Gasteiger partial charge on any atom is -0.360 e. The van der Waals surface area contributed by atoms with Gasteiger partial charge in [0.05, 0.1) is 16.4 Å². The monoisotopic (exact) mass is 424 g/mol. The van der Waals surface area contributed by atoms with Crippen molar-refractivity contribution in [1.82, 2.24) is 19.5 Å². The predicted molar refractivity (Wildman–Crippen MR) is 115 cm³/mol. The number of guanidine groups is 1. The average Bonchev–Trinajstić information content (AvgIpc) is 3.36. The highest BCUT2D eigenvalue weighted by Gasteiger charge is 2.20. The number of hydrogen-bond acceptors (Lipinski definition) is 5. The number of rotatable bonds is 7. The Morgan fingerprint density at radius 2 is 2.04 bits per heavy atom. The van der Waals surface area contributed by atoms with E-state index < -0.39 is 10.0 Å². The van der Waals surface area contributed by atoms with Crippen molar-refractivity contribution in [2.45, 2.75) is 11.8 Å². The molecule has 3 heterocycles. The van der Waals surface area contributed by atoms with Crippen LogP contribution in [-0.2, 0) is 17.1 Å². The van der Waals surface area contributed by atoms with E-state index in [0.29, 0.717) is 6.54 Å². The summed E-state index contributed by atoms with van der Waals surface area (Å²) in [6.07, 6.45) is 3.30. The van der Waals surface area contributed by atoms with Crippen LogP contribution < -0.4 is 14.9 Å². The molecule has 0 spiro atoms. The summed E-state index contributed by atoms with van der Waals surface area (Å²) in [7, 11) is -1.69. The minimum atomic E-state index is -3.49. The summed E-state index contributed by atoms with van der Waals surface area (Å²) in [5, 5.41) is 6.72. The van der Waals surface area contributed by atoms with Gasteiger partial charge >= 0.3 is 0 Å². The van der Waals surface area contributed by atoms with Gasteiger partial charge in [-0.05, 0) is 30.5 Å². The SMILES string of the molecule is CCNC(=NCCNS(=O)(=O)c1ccn(C)c1)N1CCN(c2cccs2)CC1. The third-order valence-corrected chi connectivity index (χ3v) is 6.89. The van der Waals surface area contributed by atoms with Crippen LogP contribution in [0.25, 0.3) is 0 Å². The molecule has 2 aromatic heterocycles. The Morgan fingerprint density at radius 3 is 2.64 bits per heavy atom. The molecule has 1 fully saturated rings. The number of sulfonamides is 1. The van der Waals surface area contributed by atoms with Crippen molar-refractivity contribution in [2.75, 3.05) is 50.7 Å². The molecule has 1 aliphatic rings. The van der Waals surface area contributed by atoms with Gasteiger partial charge in [0.25, 0.3) is 0 Å². The summed E-state index contributed by atoms with van der Waals surface area (Å²) in [5.74, 6) is 0.840. The van der Waals surface area contributed by atoms with Crippen LogP contribution in [0.1, 0.15) is 6.92 Å². The Kier molecular flexibility index (Phi) is 6.97. The first-order chi connectivity index (χ1) is 13.5. The highest BCUT2D eigenvalue weighted by molar-refractivity contribution is 7.89. The third-order valence-electron chi connectivity index (χ3n) is 4.51. The quantitative estimate of drug-likeness (QED) is 0.396. The molecule has 0 aromatic carbocycles. The summed E-state index contributed by atoms with van der Waals surface area (Å²) >= 11 is 1.76. The lowest BCUT2D eigenvalue weighted by molar-refractivity contribution is 0.373. The first-order valence-electron chi connectivity index (χ1n) is 9.43. The first kappa shape index (κ1) is 20.7. The number of piperazine rings is 1. The van der Waals surface area contributed by atoms with Crippen molar-refractivity contribution >= 4 is 32.3 Å². The number of aromatic nitrogens is 1. The molecule has 28 heavy (non-hydrogen) atoms. The van der Waals surface area contributed by atoms with Crippen LogP contribution >= 0.6 is 11.3 Å². The Morgan fingerprint density at radius 1 is 1.25 bits per heavy atom. The molecule has 0 aliphatic carbocycles. The molecular weight excluding hydrogens is 396 g/mol. The molecule has 8 nitrogen and oxygen atoms in total. The molecule has 154 valence electrons. The molecule has 0 bridgehead atoms. The molecule has 10 heteroatoms. The van der Waals surface area contributed by atoms with Gasteiger partial charge in [0, 0.05) is 58.7 Å². The molecule has 0 radical (unpaired) electrons. The zero-order valence-electron chi connectivity index (χ0n) is 16.3. The first-order valence-corrected chi connectivity index (χ1v) is 11.8. The highest BCUT2D eigenvalue weighted by atomic mass is 32.2. The van der Waals surface area contributed by atoms with Gasteiger partial charge in [0.15, 0.2) is 5.96 Å². The Balaban J connectivity index is 1.52. The van der Waals surface area contributed by atoms with E-state index in [-0.39, 0.29) is 11.4 Å². The van der Waals surface area contributed by atoms with Crippen LogP contribution in [0, 0.1) is 0 Å². The van der Waals surface area contributed by atoms with Crippen molar-refractivity contribution in [2.24, 2.45) is 12.0 Å². The van der Waals surface area contributed by atoms with Crippen LogP contribution in [0.15, 0.2) is 45.9 Å². The van der Waals surface area contributed by atoms with Crippen molar-refractivity contribution in [3.63, 3.8) is 0 Å². The van der Waals surface area contributed by atoms with E-state index in [0.717, 1.165) is 38.7 Å². The van der Waals surface area contributed by atoms with Crippen LogP contribution in [0.5, 0.6) is 0 Å². The standard InChI is InChI=1S/C18H28N6O2S2/c1-3-19-18(24-12-10-23(11-13-24)17-5-4-14-27-17)20-7-8-21-28(25,26)16-6-9-22(2)15-16/h4-6,9,14-15,21H,3,7-8,10-13H2,1-2H3,(H,19,20). The fourth-order valence-corrected chi connectivity index (χ4v) is 4.93. The van der Waals surface area contributed by atoms with Crippen LogP contribution in [-0.4, -0.2) is 69.7 Å². The molecule has 2 aromatic rings. The zero-order chi connectivity index (χ0) is 20.0. The van der Waals surface area contributed by atoms with Gasteiger partial charge in [0.2, 0.25) is 10.0 Å². The van der Waals surface area contributed by atoms with Gasteiger partial charge in [-0.3, -0.25) is 4.99 Å². The molecular formula is C18H28N6O2S2. The number of hydrogen-bond donors (Lipinski definition) is 2. The molecule has 0 atom stereocenters. The fourth-order valence-electron chi connectivity index (χ4n) is 3.08. The molecule has 1 aliphatic heterocycles. The topological polar surface area (TPSA) is 82.0 Å². The molecule has 0 amide bonds. The number of nitrogens with zero attached hydrogens (tertiary/aromatic N) is 4. The van der Waals surface area contributed by atoms with Gasteiger partial charge in [-0.2, -0.15) is 0 Å². The summed E-state index contributed by atoms with van der Waals surface area (Å²) < 4.78 is 28.9. The van der Waals surface area contributed by atoms with Gasteiger partial charge in [-0.25, -0.2) is 13.1 Å². The second-order valence-electron chi connectivity index (χ2n) is 6.57. The lowest BCUT2D eigenvalue weighted by Gasteiger charge is -2.37. The lowest BCUT2D eigenvalue weighted by Crippen LogP contribution is -2.52. The van der Waals surface area contributed by atoms with Crippen LogP contribution in [0.3, 0.4) is 0 Å². The second-order valence-corrected chi connectivity index (χ2v) is 9.26. The van der Waals surface area contributed by atoms with E-state index in [9.17, 15) is 8.42 Å². The Labute approximate surface area is 170 Å². The van der Waals surface area contributed by atoms with Crippen molar-refractivity contribution in [3.05, 3.63) is 36.0 Å². The van der Waals surface area contributed by atoms with E-state index in [1.165, 1.54) is 5.00 Å². The maximum atomic E-state index is 12.3. The molecule has 0 unspecified atom stereocenters. The van der Waals surface area contributed by atoms with Gasteiger partial charge < -0.3 is 19.7 Å². The summed E-state index contributed by atoms with van der Waals surface area (Å²) in [4.78, 5) is 9.51. The number of nitrogens with one attached hydrogen (secondary N) is 2.